The lowest BCUT2D eigenvalue weighted by atomic mass is 10.0. The minimum Gasteiger partial charge on any atom is -0.347 e. The van der Waals surface area contributed by atoms with Crippen molar-refractivity contribution in [1.82, 2.24) is 4.57 Å². The minimum atomic E-state index is 0.228. The van der Waals surface area contributed by atoms with Gasteiger partial charge in [0.15, 0.2) is 0 Å². The summed E-state index contributed by atoms with van der Waals surface area (Å²) in [6.45, 7) is 7.42. The first kappa shape index (κ1) is 11.2. The SMILES string of the molecule is CCn1cc(C)c2cc(CC(C)N)ccc21. The van der Waals surface area contributed by atoms with Crippen LogP contribution in [0.2, 0.25) is 0 Å². The highest BCUT2D eigenvalue weighted by molar-refractivity contribution is 5.84. The molecule has 1 unspecified atom stereocenters. The Morgan fingerprint density at radius 2 is 2.12 bits per heavy atom. The highest BCUT2D eigenvalue weighted by atomic mass is 14.9. The van der Waals surface area contributed by atoms with Crippen LogP contribution in [0, 0.1) is 6.92 Å². The molecule has 2 rings (SSSR count). The van der Waals surface area contributed by atoms with Crippen molar-refractivity contribution >= 4 is 10.9 Å². The van der Waals surface area contributed by atoms with E-state index >= 15 is 0 Å². The number of rotatable bonds is 3. The van der Waals surface area contributed by atoms with Crippen LogP contribution in [0.1, 0.15) is 25.0 Å². The van der Waals surface area contributed by atoms with Crippen LogP contribution in [0.4, 0.5) is 0 Å². The van der Waals surface area contributed by atoms with Crippen molar-refractivity contribution in [1.29, 1.82) is 0 Å². The number of aromatic nitrogens is 1. The van der Waals surface area contributed by atoms with E-state index in [4.69, 9.17) is 5.73 Å². The molecule has 1 aromatic carbocycles. The fraction of sp³-hybridized carbons (Fsp3) is 0.429. The van der Waals surface area contributed by atoms with Gasteiger partial charge in [-0.25, -0.2) is 0 Å². The largest absolute Gasteiger partial charge is 0.347 e. The molecular formula is C14H20N2. The van der Waals surface area contributed by atoms with Gasteiger partial charge >= 0.3 is 0 Å². The molecule has 1 heterocycles. The van der Waals surface area contributed by atoms with Gasteiger partial charge in [-0.15, -0.1) is 0 Å². The maximum atomic E-state index is 5.83. The van der Waals surface area contributed by atoms with Gasteiger partial charge in [-0.05, 0) is 50.5 Å². The van der Waals surface area contributed by atoms with E-state index in [1.54, 1.807) is 0 Å². The van der Waals surface area contributed by atoms with Crippen LogP contribution >= 0.6 is 0 Å². The van der Waals surface area contributed by atoms with Crippen molar-refractivity contribution in [3.8, 4) is 0 Å². The molecular weight excluding hydrogens is 196 g/mol. The summed E-state index contributed by atoms with van der Waals surface area (Å²) in [6.07, 6.45) is 3.17. The third kappa shape index (κ3) is 1.98. The Labute approximate surface area is 97.1 Å². The average Bonchev–Trinajstić information content (AvgIpc) is 2.55. The summed E-state index contributed by atoms with van der Waals surface area (Å²) in [5, 5.41) is 1.36. The lowest BCUT2D eigenvalue weighted by Gasteiger charge is -2.06. The van der Waals surface area contributed by atoms with Gasteiger partial charge in [0.2, 0.25) is 0 Å². The fourth-order valence-electron chi connectivity index (χ4n) is 2.28. The molecule has 0 saturated carbocycles. The second kappa shape index (κ2) is 4.30. The summed E-state index contributed by atoms with van der Waals surface area (Å²) >= 11 is 0. The summed E-state index contributed by atoms with van der Waals surface area (Å²) in [5.74, 6) is 0. The molecule has 0 bridgehead atoms. The zero-order valence-electron chi connectivity index (χ0n) is 10.3. The molecule has 0 aliphatic heterocycles. The Hall–Kier alpha value is -1.28. The van der Waals surface area contributed by atoms with Crippen LogP contribution in [0.3, 0.4) is 0 Å². The molecule has 0 spiro atoms. The number of benzene rings is 1. The molecule has 16 heavy (non-hydrogen) atoms. The fourth-order valence-corrected chi connectivity index (χ4v) is 2.28. The molecule has 1 atom stereocenters. The maximum absolute atomic E-state index is 5.83. The molecule has 0 aliphatic rings. The summed E-state index contributed by atoms with van der Waals surface area (Å²) in [6, 6.07) is 6.91. The third-order valence-electron chi connectivity index (χ3n) is 3.04. The van der Waals surface area contributed by atoms with E-state index in [0.717, 1.165) is 13.0 Å². The van der Waals surface area contributed by atoms with Gasteiger partial charge in [0.25, 0.3) is 0 Å². The van der Waals surface area contributed by atoms with E-state index in [-0.39, 0.29) is 6.04 Å². The minimum absolute atomic E-state index is 0.228. The van der Waals surface area contributed by atoms with Crippen LogP contribution in [0.5, 0.6) is 0 Å². The van der Waals surface area contributed by atoms with E-state index in [1.165, 1.54) is 22.0 Å². The molecule has 0 amide bonds. The first-order chi connectivity index (χ1) is 7.61. The van der Waals surface area contributed by atoms with E-state index < -0.39 is 0 Å². The normalized spacial score (nSPS) is 13.2. The summed E-state index contributed by atoms with van der Waals surface area (Å²) in [4.78, 5) is 0. The Bertz CT molecular complexity index is 495. The van der Waals surface area contributed by atoms with Gasteiger partial charge < -0.3 is 10.3 Å². The Kier molecular flexibility index (Phi) is 3.01. The summed E-state index contributed by atoms with van der Waals surface area (Å²) < 4.78 is 2.29. The maximum Gasteiger partial charge on any atom is 0.0483 e. The molecule has 86 valence electrons. The van der Waals surface area contributed by atoms with E-state index in [0.29, 0.717) is 0 Å². The van der Waals surface area contributed by atoms with Crippen molar-refractivity contribution in [3.05, 3.63) is 35.5 Å². The number of fused-ring (bicyclic) bond motifs is 1. The number of nitrogens with zero attached hydrogens (tertiary/aromatic N) is 1. The zero-order valence-corrected chi connectivity index (χ0v) is 10.3. The molecule has 2 aromatic rings. The number of hydrogen-bond donors (Lipinski definition) is 1. The van der Waals surface area contributed by atoms with Crippen LogP contribution < -0.4 is 5.73 Å². The van der Waals surface area contributed by atoms with Gasteiger partial charge in [-0.3, -0.25) is 0 Å². The summed E-state index contributed by atoms with van der Waals surface area (Å²) in [5.41, 5.74) is 9.84. The van der Waals surface area contributed by atoms with E-state index in [9.17, 15) is 0 Å². The topological polar surface area (TPSA) is 30.9 Å². The van der Waals surface area contributed by atoms with Gasteiger partial charge in [0.1, 0.15) is 0 Å². The van der Waals surface area contributed by atoms with Crippen LogP contribution in [0.15, 0.2) is 24.4 Å². The second-order valence-electron chi connectivity index (χ2n) is 4.63. The highest BCUT2D eigenvalue weighted by Crippen LogP contribution is 2.22. The lowest BCUT2D eigenvalue weighted by molar-refractivity contribution is 0.738. The predicted molar refractivity (Wildman–Crippen MR) is 69.7 cm³/mol. The average molecular weight is 216 g/mol. The molecule has 2 N–H and O–H groups in total. The second-order valence-corrected chi connectivity index (χ2v) is 4.63. The molecule has 0 fully saturated rings. The molecule has 2 heteroatoms. The van der Waals surface area contributed by atoms with Crippen molar-refractivity contribution in [2.45, 2.75) is 39.8 Å². The van der Waals surface area contributed by atoms with Crippen LogP contribution in [0.25, 0.3) is 10.9 Å². The standard InChI is InChI=1S/C14H20N2/c1-4-16-9-10(2)13-8-12(7-11(3)15)5-6-14(13)16/h5-6,8-9,11H,4,7,15H2,1-3H3. The van der Waals surface area contributed by atoms with Gasteiger partial charge in [0, 0.05) is 29.7 Å². The first-order valence-electron chi connectivity index (χ1n) is 5.95. The van der Waals surface area contributed by atoms with E-state index in [1.807, 2.05) is 6.92 Å². The quantitative estimate of drug-likeness (QED) is 0.840. The van der Waals surface area contributed by atoms with E-state index in [2.05, 4.69) is 42.8 Å². The van der Waals surface area contributed by atoms with Crippen molar-refractivity contribution in [2.24, 2.45) is 5.73 Å². The molecule has 0 radical (unpaired) electrons. The highest BCUT2D eigenvalue weighted by Gasteiger charge is 2.06. The van der Waals surface area contributed by atoms with Crippen LogP contribution in [-0.2, 0) is 13.0 Å². The van der Waals surface area contributed by atoms with Gasteiger partial charge in [-0.2, -0.15) is 0 Å². The molecule has 2 nitrogen and oxygen atoms in total. The van der Waals surface area contributed by atoms with Gasteiger partial charge in [0.05, 0.1) is 0 Å². The Morgan fingerprint density at radius 3 is 2.75 bits per heavy atom. The Balaban J connectivity index is 2.49. The van der Waals surface area contributed by atoms with Crippen LogP contribution in [-0.4, -0.2) is 10.6 Å². The number of aryl methyl sites for hydroxylation is 2. The lowest BCUT2D eigenvalue weighted by Crippen LogP contribution is -2.17. The smallest absolute Gasteiger partial charge is 0.0483 e. The number of hydrogen-bond acceptors (Lipinski definition) is 1. The number of nitrogens with two attached hydrogens (primary N) is 1. The summed E-state index contributed by atoms with van der Waals surface area (Å²) in [7, 11) is 0. The van der Waals surface area contributed by atoms with Crippen molar-refractivity contribution in [3.63, 3.8) is 0 Å². The van der Waals surface area contributed by atoms with Gasteiger partial charge in [-0.1, -0.05) is 6.07 Å². The predicted octanol–water partition coefficient (Wildman–Crippen LogP) is 2.86. The molecule has 1 aromatic heterocycles. The molecule has 0 saturated heterocycles. The Morgan fingerprint density at radius 1 is 1.38 bits per heavy atom. The van der Waals surface area contributed by atoms with Crippen molar-refractivity contribution < 1.29 is 0 Å². The zero-order chi connectivity index (χ0) is 11.7. The molecule has 0 aliphatic carbocycles. The monoisotopic (exact) mass is 216 g/mol. The first-order valence-corrected chi connectivity index (χ1v) is 5.95. The third-order valence-corrected chi connectivity index (χ3v) is 3.04. The van der Waals surface area contributed by atoms with Crippen molar-refractivity contribution in [2.75, 3.05) is 0 Å².